The Kier molecular flexibility index (Phi) is 11.8. The minimum absolute atomic E-state index is 0.0362. The number of nitrogens with zero attached hydrogens (tertiary/aromatic N) is 1. The molecule has 2 saturated carbocycles. The number of piperidine rings is 1. The van der Waals surface area contributed by atoms with Crippen LogP contribution >= 0.6 is 0 Å². The van der Waals surface area contributed by atoms with Gasteiger partial charge >= 0.3 is 6.09 Å². The Labute approximate surface area is 270 Å². The minimum Gasteiger partial charge on any atom is -0.450 e. The summed E-state index contributed by atoms with van der Waals surface area (Å²) in [6, 6.07) is 11.2. The summed E-state index contributed by atoms with van der Waals surface area (Å²) in [5, 5.41) is 6.41. The third-order valence-corrected chi connectivity index (χ3v) is 11.7. The Morgan fingerprint density at radius 2 is 1.69 bits per heavy atom. The maximum absolute atomic E-state index is 13.1. The molecule has 3 aliphatic rings. The van der Waals surface area contributed by atoms with Gasteiger partial charge in [0.2, 0.25) is 0 Å². The smallest absolute Gasteiger partial charge is 0.407 e. The molecule has 0 aromatic heterocycles. The number of hydrogen-bond donors (Lipinski definition) is 2. The molecule has 9 heteroatoms. The molecule has 1 heterocycles. The molecule has 0 radical (unpaired) electrons. The number of carbonyl (C=O) groups is 1. The molecule has 1 saturated heterocycles. The maximum Gasteiger partial charge on any atom is 0.407 e. The van der Waals surface area contributed by atoms with Crippen LogP contribution in [0, 0.1) is 17.8 Å². The highest BCUT2D eigenvalue weighted by molar-refractivity contribution is 6.76. The van der Waals surface area contributed by atoms with Gasteiger partial charge in [-0.05, 0) is 49.1 Å². The number of benzene rings is 1. The third kappa shape index (κ3) is 9.92. The van der Waals surface area contributed by atoms with Crippen LogP contribution in [0.5, 0.6) is 0 Å². The van der Waals surface area contributed by atoms with Crippen LogP contribution in [0.25, 0.3) is 0 Å². The van der Waals surface area contributed by atoms with E-state index in [1.807, 2.05) is 6.07 Å². The fourth-order valence-electron chi connectivity index (χ4n) is 7.12. The highest BCUT2D eigenvalue weighted by Crippen LogP contribution is 2.38. The summed E-state index contributed by atoms with van der Waals surface area (Å²) in [7, 11) is -1.30. The predicted molar refractivity (Wildman–Crippen MR) is 185 cm³/mol. The Morgan fingerprint density at radius 1 is 0.933 bits per heavy atom. The van der Waals surface area contributed by atoms with Crippen molar-refractivity contribution in [2.24, 2.45) is 17.8 Å². The summed E-state index contributed by atoms with van der Waals surface area (Å²) >= 11 is 0. The van der Waals surface area contributed by atoms with Crippen molar-refractivity contribution < 1.29 is 14.3 Å². The first-order chi connectivity index (χ1) is 21.7. The number of nitrogens with one attached hydrogen (secondary N) is 2. The molecule has 0 bridgehead atoms. The Morgan fingerprint density at radius 3 is 2.40 bits per heavy atom. The molecule has 45 heavy (non-hydrogen) atoms. The molecule has 2 N–H and O–H groups in total. The van der Waals surface area contributed by atoms with Gasteiger partial charge in [0, 0.05) is 46.3 Å². The Hall–Kier alpha value is -2.65. The van der Waals surface area contributed by atoms with E-state index in [9.17, 15) is 14.4 Å². The number of rotatable bonds is 16. The van der Waals surface area contributed by atoms with Gasteiger partial charge in [-0.15, -0.1) is 0 Å². The number of carbonyl (C=O) groups excluding carboxylic acids is 1. The van der Waals surface area contributed by atoms with Crippen LogP contribution in [0.4, 0.5) is 16.2 Å². The van der Waals surface area contributed by atoms with Gasteiger partial charge in [0.05, 0.1) is 12.7 Å². The van der Waals surface area contributed by atoms with Gasteiger partial charge in [0.1, 0.15) is 11.4 Å². The quantitative estimate of drug-likeness (QED) is 0.153. The van der Waals surface area contributed by atoms with Crippen LogP contribution in [0.2, 0.25) is 25.7 Å². The maximum atomic E-state index is 13.1. The second kappa shape index (κ2) is 15.8. The molecule has 0 spiro atoms. The van der Waals surface area contributed by atoms with Crippen LogP contribution in [0.1, 0.15) is 82.3 Å². The lowest BCUT2D eigenvalue weighted by Gasteiger charge is -2.39. The van der Waals surface area contributed by atoms with E-state index in [1.165, 1.54) is 37.7 Å². The fraction of sp³-hybridized carbons (Fsp3) is 0.694. The first kappa shape index (κ1) is 33.7. The number of anilines is 2. The Bertz CT molecular complexity index is 1290. The van der Waals surface area contributed by atoms with Crippen LogP contribution < -0.4 is 26.4 Å². The van der Waals surface area contributed by atoms with Crippen molar-refractivity contribution in [3.05, 3.63) is 56.3 Å². The number of alkyl carbamates (subject to hydrolysis) is 1. The highest BCUT2D eigenvalue weighted by atomic mass is 28.3. The van der Waals surface area contributed by atoms with E-state index in [0.717, 1.165) is 63.6 Å². The van der Waals surface area contributed by atoms with E-state index in [1.54, 1.807) is 0 Å². The Balaban J connectivity index is 1.26. The first-order valence-corrected chi connectivity index (χ1v) is 21.3. The molecule has 1 amide bonds. The fourth-order valence-corrected chi connectivity index (χ4v) is 7.84. The van der Waals surface area contributed by atoms with Crippen molar-refractivity contribution in [1.82, 2.24) is 5.32 Å². The van der Waals surface area contributed by atoms with Crippen LogP contribution in [0.3, 0.4) is 0 Å². The normalized spacial score (nSPS) is 21.0. The van der Waals surface area contributed by atoms with E-state index in [0.29, 0.717) is 37.0 Å². The van der Waals surface area contributed by atoms with E-state index < -0.39 is 25.0 Å². The van der Waals surface area contributed by atoms with E-state index >= 15 is 0 Å². The molecular weight excluding hydrogens is 582 g/mol. The lowest BCUT2D eigenvalue weighted by atomic mass is 9.84. The molecule has 1 aliphatic heterocycles. The summed E-state index contributed by atoms with van der Waals surface area (Å²) in [5.74, 6) is 1.57. The van der Waals surface area contributed by atoms with Crippen molar-refractivity contribution in [2.75, 3.05) is 43.1 Å². The first-order valence-electron chi connectivity index (χ1n) is 17.6. The topological polar surface area (TPSA) is 97.0 Å². The predicted octanol–water partition coefficient (Wildman–Crippen LogP) is 6.87. The van der Waals surface area contributed by atoms with Gasteiger partial charge in [-0.2, -0.15) is 0 Å². The minimum atomic E-state index is -1.30. The van der Waals surface area contributed by atoms with Gasteiger partial charge in [0.25, 0.3) is 10.9 Å². The average molecular weight is 638 g/mol. The van der Waals surface area contributed by atoms with E-state index in [2.05, 4.69) is 59.4 Å². The number of amides is 1. The lowest BCUT2D eigenvalue weighted by molar-refractivity contribution is 0.00303. The largest absolute Gasteiger partial charge is 0.450 e. The summed E-state index contributed by atoms with van der Waals surface area (Å²) < 4.78 is 12.0. The van der Waals surface area contributed by atoms with Crippen molar-refractivity contribution in [2.45, 2.75) is 108 Å². The molecule has 3 fully saturated rings. The SMILES string of the molecule is C[Si](C)(C)CCOC(=O)NCC(CC1CCCCC1)Nc1c(N2CCCC([C@H](OCCC3CC3)c3ccccc3)C2)c(=O)c1=O. The monoisotopic (exact) mass is 637 g/mol. The average Bonchev–Trinajstić information content (AvgIpc) is 3.86. The highest BCUT2D eigenvalue weighted by Gasteiger charge is 2.35. The second-order valence-corrected chi connectivity index (χ2v) is 20.7. The van der Waals surface area contributed by atoms with Crippen molar-refractivity contribution in [1.29, 1.82) is 0 Å². The van der Waals surface area contributed by atoms with Crippen LogP contribution in [0.15, 0.2) is 39.9 Å². The third-order valence-electron chi connectivity index (χ3n) is 10.0. The zero-order chi connectivity index (χ0) is 31.8. The summed E-state index contributed by atoms with van der Waals surface area (Å²) in [6.07, 6.45) is 12.1. The molecule has 2 aromatic rings. The van der Waals surface area contributed by atoms with Crippen molar-refractivity contribution in [3.63, 3.8) is 0 Å². The molecule has 5 rings (SSSR count). The number of ether oxygens (including phenoxy) is 2. The molecule has 3 atom stereocenters. The van der Waals surface area contributed by atoms with Gasteiger partial charge in [-0.3, -0.25) is 9.59 Å². The zero-order valence-corrected chi connectivity index (χ0v) is 28.8. The van der Waals surface area contributed by atoms with Crippen LogP contribution in [-0.2, 0) is 9.47 Å². The molecule has 2 aliphatic carbocycles. The molecule has 248 valence electrons. The van der Waals surface area contributed by atoms with Gasteiger partial charge in [-0.25, -0.2) is 4.79 Å². The second-order valence-electron chi connectivity index (χ2n) is 15.1. The van der Waals surface area contributed by atoms with Crippen molar-refractivity contribution in [3.8, 4) is 0 Å². The van der Waals surface area contributed by atoms with Gasteiger partial charge < -0.3 is 25.0 Å². The summed E-state index contributed by atoms with van der Waals surface area (Å²) in [6.45, 7) is 9.73. The van der Waals surface area contributed by atoms with Crippen molar-refractivity contribution >= 4 is 25.5 Å². The van der Waals surface area contributed by atoms with E-state index in [4.69, 9.17) is 9.47 Å². The molecule has 2 unspecified atom stereocenters. The lowest BCUT2D eigenvalue weighted by Crippen LogP contribution is -2.49. The van der Waals surface area contributed by atoms with Gasteiger partial charge in [0.15, 0.2) is 0 Å². The molecular formula is C36H55N3O5Si. The number of hydrogen-bond acceptors (Lipinski definition) is 7. The summed E-state index contributed by atoms with van der Waals surface area (Å²) in [4.78, 5) is 40.8. The van der Waals surface area contributed by atoms with Crippen LogP contribution in [-0.4, -0.2) is 53.1 Å². The van der Waals surface area contributed by atoms with E-state index in [-0.39, 0.29) is 18.1 Å². The molecule has 8 nitrogen and oxygen atoms in total. The summed E-state index contributed by atoms with van der Waals surface area (Å²) in [5.41, 5.74) is 1.26. The standard InChI is InChI=1S/C36H55N3O5Si/c1-45(2,3)22-21-44-36(42)37-24-30(23-27-11-6-4-7-12-27)38-31-32(34(41)33(31)40)39-19-10-15-29(25-39)35(28-13-8-5-9-14-28)43-20-18-26-16-17-26/h5,8-9,13-14,26-27,29-30,35,38H,4,6-7,10-12,15-25H2,1-3H3,(H,37,42)/t29?,30?,35-/m1/s1. The van der Waals surface area contributed by atoms with Gasteiger partial charge in [-0.1, -0.05) is 94.9 Å². The zero-order valence-electron chi connectivity index (χ0n) is 27.8. The molecule has 2 aromatic carbocycles.